The highest BCUT2D eigenvalue weighted by molar-refractivity contribution is 9.10. The van der Waals surface area contributed by atoms with Gasteiger partial charge < -0.3 is 15.2 Å². The normalized spacial score (nSPS) is 18.1. The van der Waals surface area contributed by atoms with Crippen LogP contribution in [0.15, 0.2) is 27.3 Å². The summed E-state index contributed by atoms with van der Waals surface area (Å²) >= 11 is 3.30. The number of nitrogens with one attached hydrogen (secondary N) is 2. The van der Waals surface area contributed by atoms with Gasteiger partial charge in [-0.3, -0.25) is 4.79 Å². The fraction of sp³-hybridized carbons (Fsp3) is 0.333. The molecule has 1 unspecified atom stereocenters. The van der Waals surface area contributed by atoms with E-state index < -0.39 is 5.91 Å². The van der Waals surface area contributed by atoms with Crippen molar-refractivity contribution in [3.8, 4) is 0 Å². The third-order valence-electron chi connectivity index (χ3n) is 2.99. The van der Waals surface area contributed by atoms with Gasteiger partial charge in [0.1, 0.15) is 5.82 Å². The number of amides is 1. The molecule has 1 aliphatic rings. The topological polar surface area (TPSA) is 92.9 Å². The van der Waals surface area contributed by atoms with Crippen molar-refractivity contribution in [2.24, 2.45) is 0 Å². The van der Waals surface area contributed by atoms with Crippen LogP contribution in [0.5, 0.6) is 0 Å². The number of rotatable bonds is 3. The van der Waals surface area contributed by atoms with Crippen LogP contribution in [-0.2, 0) is 0 Å². The van der Waals surface area contributed by atoms with Crippen molar-refractivity contribution in [3.05, 3.63) is 34.5 Å². The summed E-state index contributed by atoms with van der Waals surface area (Å²) in [5, 5.41) is 9.57. The molecule has 3 heterocycles. The molecule has 0 bridgehead atoms. The van der Waals surface area contributed by atoms with Crippen molar-refractivity contribution in [3.63, 3.8) is 0 Å². The average molecular weight is 338 g/mol. The molecule has 7 nitrogen and oxygen atoms in total. The van der Waals surface area contributed by atoms with Gasteiger partial charge in [0.2, 0.25) is 5.89 Å². The lowest BCUT2D eigenvalue weighted by atomic mass is 10.2. The maximum absolute atomic E-state index is 12.0. The van der Waals surface area contributed by atoms with Gasteiger partial charge in [-0.15, -0.1) is 0 Å². The summed E-state index contributed by atoms with van der Waals surface area (Å²) in [6.45, 7) is 0.926. The highest BCUT2D eigenvalue weighted by atomic mass is 79.9. The van der Waals surface area contributed by atoms with E-state index in [2.05, 4.69) is 41.7 Å². The summed E-state index contributed by atoms with van der Waals surface area (Å²) in [6.07, 6.45) is 3.59. The van der Waals surface area contributed by atoms with Crippen molar-refractivity contribution in [1.29, 1.82) is 0 Å². The molecule has 0 spiro atoms. The molecule has 2 aromatic heterocycles. The Balaban J connectivity index is 1.73. The first-order valence-corrected chi connectivity index (χ1v) is 7.02. The van der Waals surface area contributed by atoms with Crippen molar-refractivity contribution in [1.82, 2.24) is 20.4 Å². The lowest BCUT2D eigenvalue weighted by molar-refractivity contribution is 0.101. The summed E-state index contributed by atoms with van der Waals surface area (Å²) in [5.74, 6) is 0.430. The molecule has 0 aliphatic carbocycles. The van der Waals surface area contributed by atoms with Gasteiger partial charge in [0.25, 0.3) is 11.7 Å². The molecule has 0 radical (unpaired) electrons. The fourth-order valence-electron chi connectivity index (χ4n) is 2.01. The Labute approximate surface area is 123 Å². The van der Waals surface area contributed by atoms with Crippen LogP contribution < -0.4 is 10.6 Å². The second-order valence-corrected chi connectivity index (χ2v) is 5.25. The highest BCUT2D eigenvalue weighted by Crippen LogP contribution is 2.22. The molecular formula is C12H12BrN5O2. The predicted octanol–water partition coefficient (Wildman–Crippen LogP) is 1.90. The molecule has 1 saturated heterocycles. The Hall–Kier alpha value is -1.80. The second-order valence-electron chi connectivity index (χ2n) is 4.39. The van der Waals surface area contributed by atoms with Gasteiger partial charge in [-0.2, -0.15) is 4.98 Å². The van der Waals surface area contributed by atoms with Gasteiger partial charge in [-0.1, -0.05) is 5.16 Å². The van der Waals surface area contributed by atoms with Crippen LogP contribution in [0, 0.1) is 0 Å². The monoisotopic (exact) mass is 337 g/mol. The molecule has 2 N–H and O–H groups in total. The number of hydrogen-bond acceptors (Lipinski definition) is 6. The SMILES string of the molecule is O=C(Nc1ncccc1Br)c1noc(C2CCCN2)n1. The van der Waals surface area contributed by atoms with Crippen LogP contribution in [0.4, 0.5) is 5.82 Å². The van der Waals surface area contributed by atoms with Gasteiger partial charge >= 0.3 is 0 Å². The maximum atomic E-state index is 12.0. The zero-order valence-electron chi connectivity index (χ0n) is 10.5. The Kier molecular flexibility index (Phi) is 3.75. The first-order chi connectivity index (χ1) is 9.74. The standard InChI is InChI=1S/C12H12BrN5O2/c13-7-3-1-6-15-9(7)16-11(19)10-17-12(20-18-10)8-4-2-5-14-8/h1,3,6,8,14H,2,4-5H2,(H,15,16,19). The van der Waals surface area contributed by atoms with Gasteiger partial charge in [-0.05, 0) is 47.4 Å². The zero-order chi connectivity index (χ0) is 13.9. The summed E-state index contributed by atoms with van der Waals surface area (Å²) in [6, 6.07) is 3.59. The van der Waals surface area contributed by atoms with Crippen molar-refractivity contribution < 1.29 is 9.32 Å². The summed E-state index contributed by atoms with van der Waals surface area (Å²) in [4.78, 5) is 20.2. The van der Waals surface area contributed by atoms with E-state index in [9.17, 15) is 4.79 Å². The maximum Gasteiger partial charge on any atom is 0.298 e. The van der Waals surface area contributed by atoms with Crippen molar-refractivity contribution in [2.75, 3.05) is 11.9 Å². The molecule has 1 atom stereocenters. The van der Waals surface area contributed by atoms with E-state index in [0.717, 1.165) is 19.4 Å². The Morgan fingerprint density at radius 1 is 1.55 bits per heavy atom. The van der Waals surface area contributed by atoms with Crippen LogP contribution in [-0.4, -0.2) is 27.6 Å². The van der Waals surface area contributed by atoms with E-state index in [1.54, 1.807) is 18.3 Å². The lowest BCUT2D eigenvalue weighted by Crippen LogP contribution is -2.16. The Bertz CT molecular complexity index is 624. The minimum Gasteiger partial charge on any atom is -0.337 e. The van der Waals surface area contributed by atoms with Gasteiger partial charge in [0.05, 0.1) is 10.5 Å². The first kappa shape index (κ1) is 13.2. The van der Waals surface area contributed by atoms with Gasteiger partial charge in [0.15, 0.2) is 0 Å². The molecule has 1 amide bonds. The number of hydrogen-bond donors (Lipinski definition) is 2. The van der Waals surface area contributed by atoms with E-state index in [1.807, 2.05) is 0 Å². The van der Waals surface area contributed by atoms with Crippen molar-refractivity contribution in [2.45, 2.75) is 18.9 Å². The van der Waals surface area contributed by atoms with Crippen molar-refractivity contribution >= 4 is 27.7 Å². The molecule has 20 heavy (non-hydrogen) atoms. The number of carbonyl (C=O) groups is 1. The number of halogens is 1. The molecule has 1 fully saturated rings. The highest BCUT2D eigenvalue weighted by Gasteiger charge is 2.24. The third-order valence-corrected chi connectivity index (χ3v) is 3.63. The molecule has 1 aliphatic heterocycles. The predicted molar refractivity (Wildman–Crippen MR) is 74.2 cm³/mol. The van der Waals surface area contributed by atoms with E-state index in [0.29, 0.717) is 16.2 Å². The quantitative estimate of drug-likeness (QED) is 0.888. The van der Waals surface area contributed by atoms with E-state index in [4.69, 9.17) is 4.52 Å². The van der Waals surface area contributed by atoms with Gasteiger partial charge in [-0.25, -0.2) is 4.98 Å². The Morgan fingerprint density at radius 2 is 2.45 bits per heavy atom. The summed E-state index contributed by atoms with van der Waals surface area (Å²) in [7, 11) is 0. The summed E-state index contributed by atoms with van der Waals surface area (Å²) in [5.41, 5.74) is 0. The van der Waals surface area contributed by atoms with E-state index >= 15 is 0 Å². The average Bonchev–Trinajstić information content (AvgIpc) is 3.11. The number of aromatic nitrogens is 3. The molecule has 2 aromatic rings. The lowest BCUT2D eigenvalue weighted by Gasteiger charge is -2.03. The van der Waals surface area contributed by atoms with Crippen LogP contribution in [0.2, 0.25) is 0 Å². The number of nitrogens with zero attached hydrogens (tertiary/aromatic N) is 3. The van der Waals surface area contributed by atoms with Crippen LogP contribution in [0.3, 0.4) is 0 Å². The van der Waals surface area contributed by atoms with E-state index in [-0.39, 0.29) is 11.9 Å². The molecule has 0 saturated carbocycles. The number of pyridine rings is 1. The summed E-state index contributed by atoms with van der Waals surface area (Å²) < 4.78 is 5.81. The first-order valence-electron chi connectivity index (χ1n) is 6.23. The largest absolute Gasteiger partial charge is 0.337 e. The Morgan fingerprint density at radius 3 is 3.20 bits per heavy atom. The molecular weight excluding hydrogens is 326 g/mol. The third kappa shape index (κ3) is 2.70. The molecule has 3 rings (SSSR count). The number of anilines is 1. The van der Waals surface area contributed by atoms with Crippen LogP contribution in [0.1, 0.15) is 35.4 Å². The minimum atomic E-state index is -0.447. The van der Waals surface area contributed by atoms with Gasteiger partial charge in [0, 0.05) is 6.20 Å². The van der Waals surface area contributed by atoms with Crippen LogP contribution >= 0.6 is 15.9 Å². The molecule has 104 valence electrons. The molecule has 0 aromatic carbocycles. The molecule has 8 heteroatoms. The smallest absolute Gasteiger partial charge is 0.298 e. The number of carbonyl (C=O) groups excluding carboxylic acids is 1. The van der Waals surface area contributed by atoms with E-state index in [1.165, 1.54) is 0 Å². The second kappa shape index (κ2) is 5.68. The fourth-order valence-corrected chi connectivity index (χ4v) is 2.36. The zero-order valence-corrected chi connectivity index (χ0v) is 12.1. The minimum absolute atomic E-state index is 0.00579. The van der Waals surface area contributed by atoms with Crippen LogP contribution in [0.25, 0.3) is 0 Å².